The highest BCUT2D eigenvalue weighted by Gasteiger charge is 2.18. The van der Waals surface area contributed by atoms with Gasteiger partial charge < -0.3 is 20.5 Å². The lowest BCUT2D eigenvalue weighted by atomic mass is 10.2. The van der Waals surface area contributed by atoms with Crippen LogP contribution in [0.2, 0.25) is 0 Å². The molecule has 12 heteroatoms. The first-order valence-corrected chi connectivity index (χ1v) is 8.89. The van der Waals surface area contributed by atoms with Crippen molar-refractivity contribution in [3.05, 3.63) is 40.1 Å². The molecular formula is C16H17N5O6S. The monoisotopic (exact) mass is 407 g/mol. The van der Waals surface area contributed by atoms with Gasteiger partial charge in [-0.15, -0.1) is 0 Å². The van der Waals surface area contributed by atoms with Gasteiger partial charge in [0.05, 0.1) is 30.5 Å². The molecule has 148 valence electrons. The Labute approximate surface area is 163 Å². The molecule has 0 unspecified atom stereocenters. The second-order valence-electron chi connectivity index (χ2n) is 5.15. The maximum absolute atomic E-state index is 12.1. The number of esters is 1. The minimum atomic E-state index is -0.638. The van der Waals surface area contributed by atoms with E-state index in [0.29, 0.717) is 5.75 Å². The van der Waals surface area contributed by atoms with E-state index in [4.69, 9.17) is 15.2 Å². The second-order valence-corrected chi connectivity index (χ2v) is 6.09. The molecule has 2 aromatic rings. The van der Waals surface area contributed by atoms with Crippen LogP contribution in [0, 0.1) is 10.1 Å². The molecule has 1 aromatic heterocycles. The first-order valence-electron chi connectivity index (χ1n) is 7.90. The van der Waals surface area contributed by atoms with E-state index in [1.807, 2.05) is 0 Å². The molecule has 0 atom stereocenters. The fraction of sp³-hybridized carbons (Fsp3) is 0.250. The quantitative estimate of drug-likeness (QED) is 0.217. The number of rotatable bonds is 8. The number of hydrogen-bond donors (Lipinski definition) is 2. The van der Waals surface area contributed by atoms with Gasteiger partial charge in [-0.1, -0.05) is 11.8 Å². The van der Waals surface area contributed by atoms with Crippen LogP contribution in [0.5, 0.6) is 5.75 Å². The molecule has 0 radical (unpaired) electrons. The summed E-state index contributed by atoms with van der Waals surface area (Å²) in [4.78, 5) is 42.2. The van der Waals surface area contributed by atoms with Gasteiger partial charge in [-0.05, 0) is 19.1 Å². The van der Waals surface area contributed by atoms with Gasteiger partial charge in [0.25, 0.3) is 5.69 Å². The molecule has 1 amide bonds. The molecule has 0 spiro atoms. The molecule has 0 aliphatic carbocycles. The number of nitro benzene ring substituents is 1. The number of ether oxygens (including phenoxy) is 2. The van der Waals surface area contributed by atoms with Crippen molar-refractivity contribution < 1.29 is 24.0 Å². The van der Waals surface area contributed by atoms with Crippen molar-refractivity contribution >= 4 is 40.8 Å². The van der Waals surface area contributed by atoms with Crippen molar-refractivity contribution in [3.63, 3.8) is 0 Å². The van der Waals surface area contributed by atoms with E-state index in [9.17, 15) is 19.7 Å². The van der Waals surface area contributed by atoms with Crippen molar-refractivity contribution in [2.45, 2.75) is 12.1 Å². The van der Waals surface area contributed by atoms with Crippen LogP contribution < -0.4 is 15.8 Å². The number of carbonyl (C=O) groups is 2. The number of nitrogen functional groups attached to an aromatic ring is 1. The number of carbonyl (C=O) groups excluding carboxylic acids is 2. The van der Waals surface area contributed by atoms with E-state index in [1.165, 1.54) is 31.5 Å². The number of thioether (sulfide) groups is 1. The van der Waals surface area contributed by atoms with Gasteiger partial charge >= 0.3 is 5.97 Å². The highest BCUT2D eigenvalue weighted by Crippen LogP contribution is 2.29. The maximum Gasteiger partial charge on any atom is 0.343 e. The summed E-state index contributed by atoms with van der Waals surface area (Å²) in [6.07, 6.45) is 1.22. The third-order valence-corrected chi connectivity index (χ3v) is 4.16. The lowest BCUT2D eigenvalue weighted by Crippen LogP contribution is -2.16. The Morgan fingerprint density at radius 3 is 2.75 bits per heavy atom. The summed E-state index contributed by atoms with van der Waals surface area (Å²) >= 11 is 0.957. The second kappa shape index (κ2) is 9.50. The average Bonchev–Trinajstić information content (AvgIpc) is 2.66. The Morgan fingerprint density at radius 2 is 2.14 bits per heavy atom. The fourth-order valence-corrected chi connectivity index (χ4v) is 2.65. The largest absolute Gasteiger partial charge is 0.496 e. The number of nitrogens with one attached hydrogen (secondary N) is 1. The predicted molar refractivity (Wildman–Crippen MR) is 101 cm³/mol. The molecule has 11 nitrogen and oxygen atoms in total. The van der Waals surface area contributed by atoms with Gasteiger partial charge in [0, 0.05) is 6.20 Å². The molecule has 0 aliphatic rings. The molecule has 2 rings (SSSR count). The van der Waals surface area contributed by atoms with Crippen molar-refractivity contribution in [1.82, 2.24) is 9.97 Å². The fourth-order valence-electron chi connectivity index (χ4n) is 2.03. The van der Waals surface area contributed by atoms with Crippen LogP contribution in [0.15, 0.2) is 29.6 Å². The third-order valence-electron chi connectivity index (χ3n) is 3.30. The topological polar surface area (TPSA) is 160 Å². The molecule has 1 aromatic carbocycles. The van der Waals surface area contributed by atoms with Crippen LogP contribution >= 0.6 is 11.8 Å². The number of amides is 1. The van der Waals surface area contributed by atoms with E-state index >= 15 is 0 Å². The minimum absolute atomic E-state index is 0.0320. The Morgan fingerprint density at radius 1 is 1.39 bits per heavy atom. The molecular weight excluding hydrogens is 390 g/mol. The maximum atomic E-state index is 12.1. The highest BCUT2D eigenvalue weighted by atomic mass is 32.2. The van der Waals surface area contributed by atoms with Crippen molar-refractivity contribution in [3.8, 4) is 5.75 Å². The highest BCUT2D eigenvalue weighted by molar-refractivity contribution is 7.99. The summed E-state index contributed by atoms with van der Waals surface area (Å²) in [5, 5.41) is 13.8. The number of aromatic nitrogens is 2. The zero-order chi connectivity index (χ0) is 20.7. The Kier molecular flexibility index (Phi) is 7.09. The van der Waals surface area contributed by atoms with Crippen LogP contribution in [-0.4, -0.2) is 46.2 Å². The van der Waals surface area contributed by atoms with Gasteiger partial charge in [-0.25, -0.2) is 14.8 Å². The molecule has 3 N–H and O–H groups in total. The van der Waals surface area contributed by atoms with Gasteiger partial charge in [0.15, 0.2) is 5.16 Å². The number of benzene rings is 1. The number of nitrogens with two attached hydrogens (primary N) is 1. The van der Waals surface area contributed by atoms with Gasteiger partial charge in [-0.2, -0.15) is 0 Å². The van der Waals surface area contributed by atoms with Crippen LogP contribution in [0.25, 0.3) is 0 Å². The van der Waals surface area contributed by atoms with Crippen LogP contribution in [-0.2, 0) is 9.53 Å². The summed E-state index contributed by atoms with van der Waals surface area (Å²) in [7, 11) is 1.38. The van der Waals surface area contributed by atoms with E-state index in [0.717, 1.165) is 11.8 Å². The molecule has 0 saturated carbocycles. The summed E-state index contributed by atoms with van der Waals surface area (Å²) in [5.41, 5.74) is 5.48. The molecule has 0 fully saturated rings. The van der Waals surface area contributed by atoms with Crippen molar-refractivity contribution in [2.24, 2.45) is 0 Å². The zero-order valence-electron chi connectivity index (χ0n) is 15.0. The number of nitrogens with zero attached hydrogens (tertiary/aromatic N) is 3. The van der Waals surface area contributed by atoms with E-state index < -0.39 is 16.8 Å². The molecule has 0 aliphatic heterocycles. The van der Waals surface area contributed by atoms with E-state index in [2.05, 4.69) is 15.3 Å². The molecule has 28 heavy (non-hydrogen) atoms. The lowest BCUT2D eigenvalue weighted by Gasteiger charge is -2.08. The van der Waals surface area contributed by atoms with Gasteiger partial charge in [-0.3, -0.25) is 14.9 Å². The van der Waals surface area contributed by atoms with E-state index in [-0.39, 0.29) is 40.3 Å². The van der Waals surface area contributed by atoms with E-state index in [1.54, 1.807) is 6.92 Å². The van der Waals surface area contributed by atoms with Crippen molar-refractivity contribution in [2.75, 3.05) is 30.5 Å². The number of methoxy groups -OCH3 is 1. The summed E-state index contributed by atoms with van der Waals surface area (Å²) in [6, 6.07) is 4.08. The summed E-state index contributed by atoms with van der Waals surface area (Å²) in [6.45, 7) is 1.84. The normalized spacial score (nSPS) is 10.2. The Bertz CT molecular complexity index is 907. The number of hydrogen-bond acceptors (Lipinski definition) is 10. The summed E-state index contributed by atoms with van der Waals surface area (Å²) < 4.78 is 9.77. The van der Waals surface area contributed by atoms with Gasteiger partial charge in [0.1, 0.15) is 22.8 Å². The predicted octanol–water partition coefficient (Wildman–Crippen LogP) is 1.88. The zero-order valence-corrected chi connectivity index (χ0v) is 15.8. The Balaban J connectivity index is 2.02. The molecule has 1 heterocycles. The van der Waals surface area contributed by atoms with Crippen LogP contribution in [0.4, 0.5) is 17.2 Å². The standard InChI is InChI=1S/C16H17N5O6S/c1-3-27-15(23)10-7-18-16(20-14(10)17)28-8-13(22)19-11-5-4-9(26-2)6-12(11)21(24)25/h4-7H,3,8H2,1-2H3,(H,19,22)(H2,17,18,20). The number of anilines is 2. The first kappa shape index (κ1) is 20.9. The lowest BCUT2D eigenvalue weighted by molar-refractivity contribution is -0.384. The number of nitro groups is 1. The van der Waals surface area contributed by atoms with Crippen LogP contribution in [0.1, 0.15) is 17.3 Å². The SMILES string of the molecule is CCOC(=O)c1cnc(SCC(=O)Nc2ccc(OC)cc2[N+](=O)[O-])nc1N. The summed E-state index contributed by atoms with van der Waals surface area (Å²) in [5.74, 6) is -1.04. The first-order chi connectivity index (χ1) is 13.3. The minimum Gasteiger partial charge on any atom is -0.496 e. The van der Waals surface area contributed by atoms with Crippen LogP contribution in [0.3, 0.4) is 0 Å². The Hall–Kier alpha value is -3.41. The average molecular weight is 407 g/mol. The van der Waals surface area contributed by atoms with Gasteiger partial charge in [0.2, 0.25) is 5.91 Å². The molecule has 0 bridgehead atoms. The molecule has 0 saturated heterocycles. The van der Waals surface area contributed by atoms with Crippen molar-refractivity contribution in [1.29, 1.82) is 0 Å². The smallest absolute Gasteiger partial charge is 0.343 e. The third kappa shape index (κ3) is 5.30.